The third kappa shape index (κ3) is 4.25. The van der Waals surface area contributed by atoms with Crippen molar-refractivity contribution in [2.75, 3.05) is 18.9 Å². The van der Waals surface area contributed by atoms with Crippen molar-refractivity contribution in [2.24, 2.45) is 0 Å². The van der Waals surface area contributed by atoms with Gasteiger partial charge in [0.25, 0.3) is 5.91 Å². The van der Waals surface area contributed by atoms with Crippen molar-refractivity contribution < 1.29 is 14.4 Å². The largest absolute Gasteiger partial charge is 0.330 e. The molecule has 3 heterocycles. The van der Waals surface area contributed by atoms with Crippen LogP contribution in [0.5, 0.6) is 0 Å². The number of likely N-dealkylation sites (tertiary alicyclic amines) is 1. The summed E-state index contributed by atoms with van der Waals surface area (Å²) >= 11 is 0. The molecule has 0 saturated carbocycles. The van der Waals surface area contributed by atoms with Gasteiger partial charge < -0.3 is 15.1 Å². The summed E-state index contributed by atoms with van der Waals surface area (Å²) < 4.78 is 1.73. The highest BCUT2D eigenvalue weighted by molar-refractivity contribution is 6.07. The van der Waals surface area contributed by atoms with Gasteiger partial charge in [0.1, 0.15) is 12.1 Å². The lowest BCUT2D eigenvalue weighted by molar-refractivity contribution is -0.136. The van der Waals surface area contributed by atoms with E-state index in [2.05, 4.69) is 16.5 Å². The van der Waals surface area contributed by atoms with Crippen LogP contribution < -0.4 is 5.32 Å². The fraction of sp³-hybridized carbons (Fsp3) is 0.519. The molecule has 3 atom stereocenters. The van der Waals surface area contributed by atoms with Gasteiger partial charge >= 0.3 is 0 Å². The van der Waals surface area contributed by atoms with Crippen LogP contribution in [0.2, 0.25) is 0 Å². The van der Waals surface area contributed by atoms with Gasteiger partial charge in [0, 0.05) is 31.9 Å². The molecular formula is C27H34N6O3. The molecule has 1 aromatic carbocycles. The number of anilines is 1. The van der Waals surface area contributed by atoms with E-state index in [9.17, 15) is 19.6 Å². The van der Waals surface area contributed by atoms with Crippen molar-refractivity contribution in [3.8, 4) is 6.07 Å². The summed E-state index contributed by atoms with van der Waals surface area (Å²) in [5, 5.41) is 17.2. The summed E-state index contributed by atoms with van der Waals surface area (Å²) in [4.78, 5) is 43.4. The SMILES string of the molecule is CCCC[C@@H](C(=O)N1C[C@]2(C[C@H]1C#N)C(=O)Nc1ccccc12)N(C)C(=O)c1cnn(C(C)(C)C)c1. The number of carbonyl (C=O) groups is 3. The minimum absolute atomic E-state index is 0.111. The highest BCUT2D eigenvalue weighted by atomic mass is 16.2. The van der Waals surface area contributed by atoms with E-state index in [1.165, 1.54) is 16.0 Å². The second-order valence-electron chi connectivity index (χ2n) is 10.8. The topological polar surface area (TPSA) is 111 Å². The molecule has 0 radical (unpaired) electrons. The van der Waals surface area contributed by atoms with Crippen LogP contribution in [-0.2, 0) is 20.5 Å². The summed E-state index contributed by atoms with van der Waals surface area (Å²) in [6.07, 6.45) is 5.52. The van der Waals surface area contributed by atoms with Crippen molar-refractivity contribution in [2.45, 2.75) is 76.4 Å². The van der Waals surface area contributed by atoms with E-state index < -0.39 is 17.5 Å². The molecule has 2 aliphatic heterocycles. The molecule has 3 amide bonds. The van der Waals surface area contributed by atoms with Crippen LogP contribution in [0.15, 0.2) is 36.7 Å². The lowest BCUT2D eigenvalue weighted by Gasteiger charge is -2.32. The first-order chi connectivity index (χ1) is 17.0. The van der Waals surface area contributed by atoms with Crippen LogP contribution in [0.1, 0.15) is 69.3 Å². The molecule has 2 aliphatic rings. The van der Waals surface area contributed by atoms with E-state index in [1.807, 2.05) is 52.0 Å². The number of likely N-dealkylation sites (N-methyl/N-ethyl adjacent to an activating group) is 1. The third-order valence-electron chi connectivity index (χ3n) is 7.34. The number of carbonyl (C=O) groups excluding carboxylic acids is 3. The van der Waals surface area contributed by atoms with E-state index in [4.69, 9.17) is 0 Å². The number of hydrogen-bond acceptors (Lipinski definition) is 5. The second-order valence-corrected chi connectivity index (χ2v) is 10.8. The molecule has 1 aromatic heterocycles. The van der Waals surface area contributed by atoms with E-state index in [0.717, 1.165) is 24.1 Å². The van der Waals surface area contributed by atoms with Crippen molar-refractivity contribution >= 4 is 23.4 Å². The van der Waals surface area contributed by atoms with Gasteiger partial charge in [-0.05, 0) is 38.8 Å². The first kappa shape index (κ1) is 25.4. The summed E-state index contributed by atoms with van der Waals surface area (Å²) in [6.45, 7) is 8.12. The van der Waals surface area contributed by atoms with Gasteiger partial charge in [-0.15, -0.1) is 0 Å². The molecular weight excluding hydrogens is 456 g/mol. The van der Waals surface area contributed by atoms with Crippen molar-refractivity contribution in [1.29, 1.82) is 5.26 Å². The van der Waals surface area contributed by atoms with Gasteiger partial charge in [-0.2, -0.15) is 10.4 Å². The minimum Gasteiger partial charge on any atom is -0.330 e. The zero-order valence-corrected chi connectivity index (χ0v) is 21.6. The Morgan fingerprint density at radius 1 is 1.33 bits per heavy atom. The Balaban J connectivity index is 1.62. The van der Waals surface area contributed by atoms with Gasteiger partial charge in [0.15, 0.2) is 0 Å². The maximum absolute atomic E-state index is 13.9. The van der Waals surface area contributed by atoms with E-state index in [-0.39, 0.29) is 36.2 Å². The number of unbranched alkanes of at least 4 members (excludes halogenated alkanes) is 1. The molecule has 1 spiro atoms. The zero-order valence-electron chi connectivity index (χ0n) is 21.6. The van der Waals surface area contributed by atoms with Crippen LogP contribution in [0.25, 0.3) is 0 Å². The number of rotatable bonds is 6. The Labute approximate surface area is 212 Å². The second kappa shape index (κ2) is 9.41. The van der Waals surface area contributed by atoms with Crippen LogP contribution in [-0.4, -0.2) is 63.0 Å². The van der Waals surface area contributed by atoms with Crippen LogP contribution in [0.4, 0.5) is 5.69 Å². The Morgan fingerprint density at radius 3 is 2.69 bits per heavy atom. The predicted octanol–water partition coefficient (Wildman–Crippen LogP) is 3.28. The third-order valence-corrected chi connectivity index (χ3v) is 7.34. The number of nitrogens with zero attached hydrogens (tertiary/aromatic N) is 5. The first-order valence-electron chi connectivity index (χ1n) is 12.5. The number of hydrogen-bond donors (Lipinski definition) is 1. The summed E-state index contributed by atoms with van der Waals surface area (Å²) in [6, 6.07) is 8.16. The van der Waals surface area contributed by atoms with Gasteiger partial charge in [-0.1, -0.05) is 38.0 Å². The monoisotopic (exact) mass is 490 g/mol. The van der Waals surface area contributed by atoms with Gasteiger partial charge in [0.05, 0.1) is 28.8 Å². The molecule has 4 rings (SSSR count). The summed E-state index contributed by atoms with van der Waals surface area (Å²) in [5.41, 5.74) is 0.698. The molecule has 1 fully saturated rings. The summed E-state index contributed by atoms with van der Waals surface area (Å²) in [5.74, 6) is -0.794. The maximum Gasteiger partial charge on any atom is 0.257 e. The smallest absolute Gasteiger partial charge is 0.257 e. The van der Waals surface area contributed by atoms with E-state index >= 15 is 0 Å². The highest BCUT2D eigenvalue weighted by Gasteiger charge is 2.56. The summed E-state index contributed by atoms with van der Waals surface area (Å²) in [7, 11) is 1.62. The molecule has 190 valence electrons. The standard InChI is InChI=1S/C27H34N6O3/c1-6-7-12-22(31(5)23(34)18-15-29-33(16-18)26(2,3)4)24(35)32-17-27(13-19(32)14-28)20-10-8-9-11-21(20)30-25(27)36/h8-11,15-16,19,22H,6-7,12-13,17H2,1-5H3,(H,30,36)/t19-,22-,27-/m0/s1. The van der Waals surface area contributed by atoms with Crippen LogP contribution in [0, 0.1) is 11.3 Å². The quantitative estimate of drug-likeness (QED) is 0.668. The molecule has 1 saturated heterocycles. The van der Waals surface area contributed by atoms with Crippen LogP contribution in [0.3, 0.4) is 0 Å². The molecule has 2 aromatic rings. The fourth-order valence-corrected chi connectivity index (χ4v) is 5.20. The zero-order chi connectivity index (χ0) is 26.3. The molecule has 0 aliphatic carbocycles. The first-order valence-corrected chi connectivity index (χ1v) is 12.5. The Morgan fingerprint density at radius 2 is 2.06 bits per heavy atom. The molecule has 0 bridgehead atoms. The average molecular weight is 491 g/mol. The van der Waals surface area contributed by atoms with Crippen LogP contribution >= 0.6 is 0 Å². The minimum atomic E-state index is -0.960. The predicted molar refractivity (Wildman–Crippen MR) is 135 cm³/mol. The number of amides is 3. The Kier molecular flexibility index (Phi) is 6.65. The fourth-order valence-electron chi connectivity index (χ4n) is 5.20. The van der Waals surface area contributed by atoms with Crippen molar-refractivity contribution in [3.05, 3.63) is 47.8 Å². The maximum atomic E-state index is 13.9. The Bertz CT molecular complexity index is 1220. The molecule has 9 heteroatoms. The number of fused-ring (bicyclic) bond motifs is 2. The van der Waals surface area contributed by atoms with Crippen molar-refractivity contribution in [1.82, 2.24) is 19.6 Å². The molecule has 9 nitrogen and oxygen atoms in total. The highest BCUT2D eigenvalue weighted by Crippen LogP contribution is 2.46. The average Bonchev–Trinajstić information content (AvgIpc) is 3.56. The lowest BCUT2D eigenvalue weighted by Crippen LogP contribution is -2.51. The molecule has 36 heavy (non-hydrogen) atoms. The lowest BCUT2D eigenvalue weighted by atomic mass is 9.80. The number of para-hydroxylation sites is 1. The number of nitrogens with one attached hydrogen (secondary N) is 1. The van der Waals surface area contributed by atoms with Gasteiger partial charge in [0.2, 0.25) is 11.8 Å². The van der Waals surface area contributed by atoms with E-state index in [1.54, 1.807) is 17.9 Å². The Hall–Kier alpha value is -3.67. The molecule has 0 unspecified atom stereocenters. The van der Waals surface area contributed by atoms with E-state index in [0.29, 0.717) is 12.0 Å². The van der Waals surface area contributed by atoms with Crippen molar-refractivity contribution in [3.63, 3.8) is 0 Å². The van der Waals surface area contributed by atoms with Gasteiger partial charge in [-0.3, -0.25) is 19.1 Å². The normalized spacial score (nSPS) is 21.7. The number of benzene rings is 1. The molecule has 1 N–H and O–H groups in total. The number of aromatic nitrogens is 2. The van der Waals surface area contributed by atoms with Gasteiger partial charge in [-0.25, -0.2) is 0 Å². The number of nitriles is 1.